The molecule has 2 aromatic carbocycles. The predicted molar refractivity (Wildman–Crippen MR) is 95.8 cm³/mol. The molecule has 0 atom stereocenters. The first-order valence-electron chi connectivity index (χ1n) is 7.81. The minimum absolute atomic E-state index is 0.299. The average Bonchev–Trinajstić information content (AvgIpc) is 2.95. The molecule has 0 bridgehead atoms. The van der Waals surface area contributed by atoms with Crippen LogP contribution in [0.3, 0.4) is 0 Å². The molecule has 4 nitrogen and oxygen atoms in total. The molecule has 124 valence electrons. The first-order chi connectivity index (χ1) is 11.5. The summed E-state index contributed by atoms with van der Waals surface area (Å²) in [5.41, 5.74) is 4.03. The molecular weight excluding hydrogens is 344 g/mol. The number of sulfonamides is 1. The first kappa shape index (κ1) is 15.7. The molecule has 1 N–H and O–H groups in total. The second-order valence-electron chi connectivity index (χ2n) is 6.13. The SMILES string of the molecule is Cc1cc(S(=O)(=O)N2CCc3[nH]c4ccccc4c3C2)ccc1Cl. The summed E-state index contributed by atoms with van der Waals surface area (Å²) in [6.07, 6.45) is 0.690. The fourth-order valence-electron chi connectivity index (χ4n) is 3.27. The van der Waals surface area contributed by atoms with Gasteiger partial charge in [-0.15, -0.1) is 0 Å². The van der Waals surface area contributed by atoms with Gasteiger partial charge in [0, 0.05) is 41.1 Å². The third-order valence-corrected chi connectivity index (χ3v) is 6.88. The molecule has 0 amide bonds. The molecule has 1 aliphatic heterocycles. The van der Waals surface area contributed by atoms with Crippen molar-refractivity contribution in [2.45, 2.75) is 24.8 Å². The van der Waals surface area contributed by atoms with Crippen molar-refractivity contribution in [3.8, 4) is 0 Å². The van der Waals surface area contributed by atoms with Crippen LogP contribution in [0.15, 0.2) is 47.4 Å². The monoisotopic (exact) mass is 360 g/mol. The number of aromatic nitrogens is 1. The van der Waals surface area contributed by atoms with Gasteiger partial charge >= 0.3 is 0 Å². The van der Waals surface area contributed by atoms with E-state index in [4.69, 9.17) is 11.6 Å². The molecule has 6 heteroatoms. The van der Waals surface area contributed by atoms with Crippen LogP contribution in [0, 0.1) is 6.92 Å². The van der Waals surface area contributed by atoms with Crippen LogP contribution in [0.2, 0.25) is 5.02 Å². The summed E-state index contributed by atoms with van der Waals surface area (Å²) in [4.78, 5) is 3.70. The van der Waals surface area contributed by atoms with Gasteiger partial charge in [0.25, 0.3) is 0 Å². The highest BCUT2D eigenvalue weighted by molar-refractivity contribution is 7.89. The van der Waals surface area contributed by atoms with Gasteiger partial charge in [-0.3, -0.25) is 0 Å². The standard InChI is InChI=1S/C18H17ClN2O2S/c1-12-10-13(6-7-16(12)19)24(22,23)21-9-8-18-15(11-21)14-4-2-3-5-17(14)20-18/h2-7,10,20H,8-9,11H2,1H3. The number of aryl methyl sites for hydroxylation is 1. The van der Waals surface area contributed by atoms with Crippen molar-refractivity contribution < 1.29 is 8.42 Å². The Morgan fingerprint density at radius 3 is 2.75 bits per heavy atom. The number of benzene rings is 2. The summed E-state index contributed by atoms with van der Waals surface area (Å²) in [5.74, 6) is 0. The summed E-state index contributed by atoms with van der Waals surface area (Å²) < 4.78 is 27.5. The lowest BCUT2D eigenvalue weighted by Gasteiger charge is -2.26. The molecule has 0 saturated heterocycles. The van der Waals surface area contributed by atoms with Gasteiger partial charge in [0.15, 0.2) is 0 Å². The number of aromatic amines is 1. The highest BCUT2D eigenvalue weighted by Gasteiger charge is 2.30. The van der Waals surface area contributed by atoms with Gasteiger partial charge in [-0.05, 0) is 42.3 Å². The van der Waals surface area contributed by atoms with Crippen LogP contribution in [0.25, 0.3) is 10.9 Å². The van der Waals surface area contributed by atoms with Crippen molar-refractivity contribution >= 4 is 32.5 Å². The molecule has 0 radical (unpaired) electrons. The Hall–Kier alpha value is -1.82. The van der Waals surface area contributed by atoms with Gasteiger partial charge < -0.3 is 4.98 Å². The summed E-state index contributed by atoms with van der Waals surface area (Å²) >= 11 is 6.02. The molecule has 0 spiro atoms. The van der Waals surface area contributed by atoms with Crippen molar-refractivity contribution in [1.82, 2.24) is 9.29 Å². The van der Waals surface area contributed by atoms with E-state index in [2.05, 4.69) is 4.98 Å². The van der Waals surface area contributed by atoms with E-state index < -0.39 is 10.0 Å². The number of fused-ring (bicyclic) bond motifs is 3. The molecule has 4 rings (SSSR count). The van der Waals surface area contributed by atoms with Crippen molar-refractivity contribution in [1.29, 1.82) is 0 Å². The minimum Gasteiger partial charge on any atom is -0.358 e. The Bertz CT molecular complexity index is 1040. The van der Waals surface area contributed by atoms with E-state index in [-0.39, 0.29) is 0 Å². The zero-order valence-electron chi connectivity index (χ0n) is 13.2. The van der Waals surface area contributed by atoms with Crippen LogP contribution >= 0.6 is 11.6 Å². The quantitative estimate of drug-likeness (QED) is 0.754. The molecular formula is C18H17ClN2O2S. The maximum absolute atomic E-state index is 13.0. The number of hydrogen-bond acceptors (Lipinski definition) is 2. The fraction of sp³-hybridized carbons (Fsp3) is 0.222. The van der Waals surface area contributed by atoms with Crippen LogP contribution in [-0.4, -0.2) is 24.3 Å². The van der Waals surface area contributed by atoms with E-state index in [0.29, 0.717) is 29.4 Å². The molecule has 3 aromatic rings. The lowest BCUT2D eigenvalue weighted by Crippen LogP contribution is -2.35. The Morgan fingerprint density at radius 1 is 1.17 bits per heavy atom. The van der Waals surface area contributed by atoms with E-state index in [0.717, 1.165) is 27.7 Å². The lowest BCUT2D eigenvalue weighted by atomic mass is 10.1. The molecule has 0 aliphatic carbocycles. The lowest BCUT2D eigenvalue weighted by molar-refractivity contribution is 0.391. The smallest absolute Gasteiger partial charge is 0.243 e. The summed E-state index contributed by atoms with van der Waals surface area (Å²) in [6, 6.07) is 12.9. The van der Waals surface area contributed by atoms with E-state index in [1.165, 1.54) is 0 Å². The van der Waals surface area contributed by atoms with Gasteiger partial charge in [0.05, 0.1) is 4.90 Å². The van der Waals surface area contributed by atoms with E-state index >= 15 is 0 Å². The number of nitrogens with one attached hydrogen (secondary N) is 1. The third kappa shape index (κ3) is 2.44. The number of H-pyrrole nitrogens is 1. The molecule has 24 heavy (non-hydrogen) atoms. The van der Waals surface area contributed by atoms with Crippen LogP contribution < -0.4 is 0 Å². The molecule has 0 unspecified atom stereocenters. The molecule has 0 saturated carbocycles. The van der Waals surface area contributed by atoms with E-state index in [9.17, 15) is 8.42 Å². The largest absolute Gasteiger partial charge is 0.358 e. The number of rotatable bonds is 2. The average molecular weight is 361 g/mol. The second kappa shape index (κ2) is 5.62. The van der Waals surface area contributed by atoms with Crippen LogP contribution in [0.4, 0.5) is 0 Å². The zero-order chi connectivity index (χ0) is 16.9. The third-order valence-electron chi connectivity index (χ3n) is 4.61. The zero-order valence-corrected chi connectivity index (χ0v) is 14.8. The van der Waals surface area contributed by atoms with Crippen molar-refractivity contribution in [2.24, 2.45) is 0 Å². The second-order valence-corrected chi connectivity index (χ2v) is 8.47. The fourth-order valence-corrected chi connectivity index (χ4v) is 4.89. The maximum atomic E-state index is 13.0. The molecule has 2 heterocycles. The van der Waals surface area contributed by atoms with Crippen LogP contribution in [0.5, 0.6) is 0 Å². The van der Waals surface area contributed by atoms with E-state index in [1.54, 1.807) is 22.5 Å². The predicted octanol–water partition coefficient (Wildman–Crippen LogP) is 3.88. The van der Waals surface area contributed by atoms with Crippen molar-refractivity contribution in [2.75, 3.05) is 6.54 Å². The topological polar surface area (TPSA) is 53.2 Å². The van der Waals surface area contributed by atoms with Gasteiger partial charge in [-0.25, -0.2) is 8.42 Å². The molecule has 1 aliphatic rings. The summed E-state index contributed by atoms with van der Waals surface area (Å²) in [5, 5.41) is 1.67. The Kier molecular flexibility index (Phi) is 3.67. The number of halogens is 1. The van der Waals surface area contributed by atoms with Crippen molar-refractivity contribution in [3.63, 3.8) is 0 Å². The Labute approximate surface area is 146 Å². The summed E-state index contributed by atoms with van der Waals surface area (Å²) in [7, 11) is -3.53. The number of hydrogen-bond donors (Lipinski definition) is 1. The van der Waals surface area contributed by atoms with Gasteiger partial charge in [-0.1, -0.05) is 29.8 Å². The maximum Gasteiger partial charge on any atom is 0.243 e. The normalized spacial score (nSPS) is 15.6. The minimum atomic E-state index is -3.53. The number of para-hydroxylation sites is 1. The van der Waals surface area contributed by atoms with Crippen LogP contribution in [0.1, 0.15) is 16.8 Å². The molecule has 1 aromatic heterocycles. The molecule has 0 fully saturated rings. The van der Waals surface area contributed by atoms with Gasteiger partial charge in [-0.2, -0.15) is 4.31 Å². The summed E-state index contributed by atoms with van der Waals surface area (Å²) in [6.45, 7) is 2.68. The van der Waals surface area contributed by atoms with Gasteiger partial charge in [0.1, 0.15) is 0 Å². The Balaban J connectivity index is 1.74. The van der Waals surface area contributed by atoms with Crippen molar-refractivity contribution in [3.05, 3.63) is 64.3 Å². The first-order valence-corrected chi connectivity index (χ1v) is 9.63. The van der Waals surface area contributed by atoms with Crippen LogP contribution in [-0.2, 0) is 23.0 Å². The highest BCUT2D eigenvalue weighted by Crippen LogP contribution is 2.31. The Morgan fingerprint density at radius 2 is 1.96 bits per heavy atom. The van der Waals surface area contributed by atoms with E-state index in [1.807, 2.05) is 31.2 Å². The highest BCUT2D eigenvalue weighted by atomic mass is 35.5. The van der Waals surface area contributed by atoms with Gasteiger partial charge in [0.2, 0.25) is 10.0 Å². The number of nitrogens with zero attached hydrogens (tertiary/aromatic N) is 1.